The van der Waals surface area contributed by atoms with Gasteiger partial charge in [-0.1, -0.05) is 76.9 Å². The van der Waals surface area contributed by atoms with E-state index in [2.05, 4.69) is 19.1 Å². The van der Waals surface area contributed by atoms with E-state index in [1.807, 2.05) is 0 Å². The molecule has 4 heteroatoms. The molecule has 0 aliphatic rings. The van der Waals surface area contributed by atoms with Crippen molar-refractivity contribution < 1.29 is 12.6 Å². The first kappa shape index (κ1) is 22.6. The van der Waals surface area contributed by atoms with Crippen molar-refractivity contribution in [3.8, 4) is 0 Å². The summed E-state index contributed by atoms with van der Waals surface area (Å²) in [6.07, 6.45) is 23.3. The third-order valence-corrected chi connectivity index (χ3v) is 4.55. The van der Waals surface area contributed by atoms with Gasteiger partial charge in [0.1, 0.15) is 0 Å². The van der Waals surface area contributed by atoms with Gasteiger partial charge in [0, 0.05) is 0 Å². The van der Waals surface area contributed by atoms with Crippen LogP contribution in [0.15, 0.2) is 12.2 Å². The molecule has 0 aromatic carbocycles. The van der Waals surface area contributed by atoms with E-state index in [0.29, 0.717) is 6.61 Å². The van der Waals surface area contributed by atoms with Gasteiger partial charge in [0.25, 0.3) is 10.1 Å². The van der Waals surface area contributed by atoms with Gasteiger partial charge in [-0.15, -0.1) is 0 Å². The van der Waals surface area contributed by atoms with Crippen molar-refractivity contribution in [1.29, 1.82) is 0 Å². The molecule has 0 aliphatic heterocycles. The van der Waals surface area contributed by atoms with E-state index in [0.717, 1.165) is 19.1 Å². The second kappa shape index (κ2) is 16.5. The van der Waals surface area contributed by atoms with Crippen molar-refractivity contribution in [2.75, 3.05) is 12.9 Å². The molecule has 0 aromatic heterocycles. The summed E-state index contributed by atoms with van der Waals surface area (Å²) in [5.74, 6) is 0. The molecule has 0 atom stereocenters. The Labute approximate surface area is 145 Å². The zero-order chi connectivity index (χ0) is 17.2. The van der Waals surface area contributed by atoms with Gasteiger partial charge in [0.2, 0.25) is 0 Å². The minimum Gasteiger partial charge on any atom is -0.270 e. The maximum atomic E-state index is 10.8. The Morgan fingerprint density at radius 2 is 1.13 bits per heavy atom. The highest BCUT2D eigenvalue weighted by atomic mass is 32.2. The molecular formula is C19H38O3S. The first-order valence-electron chi connectivity index (χ1n) is 9.55. The highest BCUT2D eigenvalue weighted by molar-refractivity contribution is 7.85. The van der Waals surface area contributed by atoms with Gasteiger partial charge >= 0.3 is 0 Å². The second-order valence-corrected chi connectivity index (χ2v) is 8.11. The van der Waals surface area contributed by atoms with E-state index in [-0.39, 0.29) is 0 Å². The summed E-state index contributed by atoms with van der Waals surface area (Å²) in [5.41, 5.74) is 0. The van der Waals surface area contributed by atoms with E-state index in [1.54, 1.807) is 0 Å². The van der Waals surface area contributed by atoms with Crippen LogP contribution in [0, 0.1) is 0 Å². The summed E-state index contributed by atoms with van der Waals surface area (Å²) in [6.45, 7) is 2.59. The predicted molar refractivity (Wildman–Crippen MR) is 100 cm³/mol. The maximum Gasteiger partial charge on any atom is 0.264 e. The average molecular weight is 347 g/mol. The lowest BCUT2D eigenvalue weighted by atomic mass is 10.1. The van der Waals surface area contributed by atoms with E-state index in [1.165, 1.54) is 77.0 Å². The molecule has 0 saturated carbocycles. The fraction of sp³-hybridized carbons (Fsp3) is 0.895. The Hall–Kier alpha value is -0.350. The van der Waals surface area contributed by atoms with Crippen LogP contribution >= 0.6 is 0 Å². The normalized spacial score (nSPS) is 12.3. The topological polar surface area (TPSA) is 43.4 Å². The summed E-state index contributed by atoms with van der Waals surface area (Å²) in [4.78, 5) is 0. The van der Waals surface area contributed by atoms with Crippen LogP contribution in [-0.2, 0) is 14.3 Å². The smallest absolute Gasteiger partial charge is 0.264 e. The van der Waals surface area contributed by atoms with Gasteiger partial charge in [-0.05, 0) is 32.1 Å². The fourth-order valence-electron chi connectivity index (χ4n) is 2.56. The molecule has 0 rings (SSSR count). The lowest BCUT2D eigenvalue weighted by Crippen LogP contribution is -2.03. The third kappa shape index (κ3) is 21.6. The summed E-state index contributed by atoms with van der Waals surface area (Å²) >= 11 is 0. The fourth-order valence-corrected chi connectivity index (χ4v) is 2.98. The van der Waals surface area contributed by atoms with Gasteiger partial charge < -0.3 is 0 Å². The van der Waals surface area contributed by atoms with E-state index < -0.39 is 10.1 Å². The van der Waals surface area contributed by atoms with Crippen molar-refractivity contribution >= 4 is 10.1 Å². The van der Waals surface area contributed by atoms with Crippen LogP contribution in [-0.4, -0.2) is 21.3 Å². The SMILES string of the molecule is CCCCCC/C=C\CCCCCCCCCCOS(C)(=O)=O. The highest BCUT2D eigenvalue weighted by Gasteiger charge is 2.00. The Morgan fingerprint density at radius 3 is 1.61 bits per heavy atom. The van der Waals surface area contributed by atoms with Gasteiger partial charge in [-0.2, -0.15) is 8.42 Å². The molecule has 138 valence electrons. The van der Waals surface area contributed by atoms with E-state index in [9.17, 15) is 8.42 Å². The first-order valence-corrected chi connectivity index (χ1v) is 11.4. The zero-order valence-corrected chi connectivity index (χ0v) is 16.2. The molecule has 0 unspecified atom stereocenters. The summed E-state index contributed by atoms with van der Waals surface area (Å²) in [5, 5.41) is 0. The van der Waals surface area contributed by atoms with Crippen LogP contribution in [0.3, 0.4) is 0 Å². The van der Waals surface area contributed by atoms with E-state index >= 15 is 0 Å². The lowest BCUT2D eigenvalue weighted by Gasteiger charge is -2.02. The quantitative estimate of drug-likeness (QED) is 0.184. The van der Waals surface area contributed by atoms with Crippen LogP contribution in [0.4, 0.5) is 0 Å². The van der Waals surface area contributed by atoms with E-state index in [4.69, 9.17) is 4.18 Å². The molecule has 23 heavy (non-hydrogen) atoms. The lowest BCUT2D eigenvalue weighted by molar-refractivity contribution is 0.309. The Kier molecular flexibility index (Phi) is 16.3. The molecule has 0 N–H and O–H groups in total. The molecule has 0 spiro atoms. The van der Waals surface area contributed by atoms with Crippen molar-refractivity contribution in [2.24, 2.45) is 0 Å². The first-order chi connectivity index (χ1) is 11.1. The number of hydrogen-bond donors (Lipinski definition) is 0. The Balaban J connectivity index is 3.12. The third-order valence-electron chi connectivity index (χ3n) is 3.95. The number of allylic oxidation sites excluding steroid dienone is 2. The van der Waals surface area contributed by atoms with Crippen molar-refractivity contribution in [3.63, 3.8) is 0 Å². The van der Waals surface area contributed by atoms with Crippen LogP contribution in [0.25, 0.3) is 0 Å². The van der Waals surface area contributed by atoms with Crippen molar-refractivity contribution in [1.82, 2.24) is 0 Å². The average Bonchev–Trinajstić information content (AvgIpc) is 2.49. The minimum absolute atomic E-state index is 0.337. The molecule has 0 bridgehead atoms. The zero-order valence-electron chi connectivity index (χ0n) is 15.4. The molecule has 0 fully saturated rings. The number of unbranched alkanes of at least 4 members (excludes halogenated alkanes) is 12. The molecule has 3 nitrogen and oxygen atoms in total. The van der Waals surface area contributed by atoms with Gasteiger partial charge in [0.15, 0.2) is 0 Å². The van der Waals surface area contributed by atoms with Gasteiger partial charge in [0.05, 0.1) is 12.9 Å². The molecule has 0 aliphatic carbocycles. The Bertz CT molecular complexity index is 361. The molecule has 0 heterocycles. The summed E-state index contributed by atoms with van der Waals surface area (Å²) in [7, 11) is -3.25. The summed E-state index contributed by atoms with van der Waals surface area (Å²) in [6, 6.07) is 0. The number of hydrogen-bond acceptors (Lipinski definition) is 3. The van der Waals surface area contributed by atoms with Crippen LogP contribution in [0.2, 0.25) is 0 Å². The van der Waals surface area contributed by atoms with Gasteiger partial charge in [-0.25, -0.2) is 0 Å². The van der Waals surface area contributed by atoms with Crippen molar-refractivity contribution in [2.45, 2.75) is 96.8 Å². The molecular weight excluding hydrogens is 308 g/mol. The van der Waals surface area contributed by atoms with Crippen LogP contribution in [0.1, 0.15) is 96.8 Å². The molecule has 0 saturated heterocycles. The Morgan fingerprint density at radius 1 is 0.696 bits per heavy atom. The minimum atomic E-state index is -3.25. The standard InChI is InChI=1S/C19H38O3S/c1-3-4-5-6-7-8-9-10-11-12-13-14-15-16-17-18-19-22-23(2,20)21/h8-9H,3-7,10-19H2,1-2H3/b9-8-. The maximum absolute atomic E-state index is 10.8. The molecule has 0 aromatic rings. The van der Waals surface area contributed by atoms with Crippen LogP contribution < -0.4 is 0 Å². The van der Waals surface area contributed by atoms with Crippen molar-refractivity contribution in [3.05, 3.63) is 12.2 Å². The summed E-state index contributed by atoms with van der Waals surface area (Å²) < 4.78 is 26.2. The largest absolute Gasteiger partial charge is 0.270 e. The van der Waals surface area contributed by atoms with Gasteiger partial charge in [-0.3, -0.25) is 4.18 Å². The second-order valence-electron chi connectivity index (χ2n) is 6.46. The predicted octanol–water partition coefficient (Wildman–Crippen LogP) is 6.00. The monoisotopic (exact) mass is 346 g/mol. The molecule has 0 amide bonds. The highest BCUT2D eigenvalue weighted by Crippen LogP contribution is 2.10. The number of rotatable bonds is 17. The van der Waals surface area contributed by atoms with Crippen LogP contribution in [0.5, 0.6) is 0 Å². The molecule has 0 radical (unpaired) electrons.